The normalized spacial score (nSPS) is 21.1. The van der Waals surface area contributed by atoms with E-state index in [2.05, 4.69) is 56.8 Å². The van der Waals surface area contributed by atoms with Gasteiger partial charge in [0.15, 0.2) is 17.7 Å². The number of amides is 7. The molecule has 25 heteroatoms. The predicted molar refractivity (Wildman–Crippen MR) is 286 cm³/mol. The number of carbonyl (C=O) groups excluding carboxylic acids is 9. The average molecular weight is 1070 g/mol. The van der Waals surface area contributed by atoms with Crippen LogP contribution in [-0.2, 0) is 62.4 Å². The van der Waals surface area contributed by atoms with Crippen molar-refractivity contribution in [3.63, 3.8) is 0 Å². The van der Waals surface area contributed by atoms with E-state index in [1.54, 1.807) is 36.5 Å². The van der Waals surface area contributed by atoms with Crippen molar-refractivity contribution in [1.82, 2.24) is 46.9 Å². The van der Waals surface area contributed by atoms with Gasteiger partial charge < -0.3 is 70.5 Å². The molecule has 1 aliphatic heterocycles. The molecule has 4 aromatic rings. The maximum Gasteiger partial charge on any atom is 0.243 e. The number of ketones is 2. The van der Waals surface area contributed by atoms with Crippen molar-refractivity contribution in [2.24, 2.45) is 50.5 Å². The summed E-state index contributed by atoms with van der Waals surface area (Å²) in [6, 6.07) is 9.49. The molecule has 3 heterocycles. The number of carbonyl (C=O) groups is 9. The maximum atomic E-state index is 14.9. The van der Waals surface area contributed by atoms with Crippen molar-refractivity contribution >= 4 is 75.7 Å². The van der Waals surface area contributed by atoms with Gasteiger partial charge in [-0.1, -0.05) is 48.5 Å². The van der Waals surface area contributed by atoms with Crippen molar-refractivity contribution < 1.29 is 43.2 Å². The summed E-state index contributed by atoms with van der Waals surface area (Å²) in [4.78, 5) is 144. The topological polar surface area (TPSA) is 425 Å². The number of nitrogens with zero attached hydrogens (tertiary/aromatic N) is 3. The number of benzene rings is 2. The van der Waals surface area contributed by atoms with Crippen LogP contribution in [0, 0.1) is 11.8 Å². The van der Waals surface area contributed by atoms with Crippen LogP contribution < -0.4 is 60.6 Å². The number of guanidine groups is 2. The Balaban J connectivity index is 1.55. The molecule has 7 amide bonds. The summed E-state index contributed by atoms with van der Waals surface area (Å²) in [6.07, 6.45) is 4.23. The highest BCUT2D eigenvalue weighted by molar-refractivity contribution is 5.99. The number of nitrogens with one attached hydrogen (secondary N) is 8. The van der Waals surface area contributed by atoms with Crippen molar-refractivity contribution in [3.8, 4) is 0 Å². The first-order chi connectivity index (χ1) is 36.9. The van der Waals surface area contributed by atoms with E-state index in [4.69, 9.17) is 28.7 Å². The van der Waals surface area contributed by atoms with E-state index in [-0.39, 0.29) is 102 Å². The van der Waals surface area contributed by atoms with E-state index in [1.807, 2.05) is 24.3 Å². The van der Waals surface area contributed by atoms with Gasteiger partial charge in [-0.3, -0.25) is 53.1 Å². The molecule has 5 rings (SSSR count). The Labute approximate surface area is 445 Å². The second kappa shape index (κ2) is 30.0. The van der Waals surface area contributed by atoms with Crippen LogP contribution >= 0.6 is 0 Å². The molecule has 2 aromatic heterocycles. The third-order valence-corrected chi connectivity index (χ3v) is 13.0. The van der Waals surface area contributed by atoms with E-state index < -0.39 is 108 Å². The van der Waals surface area contributed by atoms with Gasteiger partial charge in [0.2, 0.25) is 41.4 Å². The van der Waals surface area contributed by atoms with Crippen LogP contribution in [-0.4, -0.2) is 130 Å². The van der Waals surface area contributed by atoms with Gasteiger partial charge in [0, 0.05) is 86.6 Å². The number of imidazole rings is 1. The third kappa shape index (κ3) is 19.9. The number of fused-ring (bicyclic) bond motifs is 1. The van der Waals surface area contributed by atoms with E-state index in [9.17, 15) is 43.2 Å². The zero-order valence-corrected chi connectivity index (χ0v) is 43.2. The molecule has 18 N–H and O–H groups in total. The molecule has 1 saturated heterocycles. The Kier molecular flexibility index (Phi) is 23.1. The van der Waals surface area contributed by atoms with Gasteiger partial charge in [-0.05, 0) is 75.0 Å². The molecule has 0 radical (unpaired) electrons. The Bertz CT molecular complexity index is 2720. The van der Waals surface area contributed by atoms with Gasteiger partial charge in [0.25, 0.3) is 0 Å². The minimum atomic E-state index is -1.63. The molecular weight excluding hydrogens is 993 g/mol. The molecule has 0 aliphatic carbocycles. The van der Waals surface area contributed by atoms with Crippen molar-refractivity contribution in [1.29, 1.82) is 0 Å². The van der Waals surface area contributed by atoms with Crippen molar-refractivity contribution in [3.05, 3.63) is 90.1 Å². The lowest BCUT2D eigenvalue weighted by molar-refractivity contribution is -0.136. The first-order valence-corrected chi connectivity index (χ1v) is 25.6. The first kappa shape index (κ1) is 59.2. The number of aromatic amines is 2. The summed E-state index contributed by atoms with van der Waals surface area (Å²) in [6.45, 7) is 1.47. The molecule has 77 heavy (non-hydrogen) atoms. The lowest BCUT2D eigenvalue weighted by Crippen LogP contribution is -2.59. The Hall–Kier alpha value is -8.64. The summed E-state index contributed by atoms with van der Waals surface area (Å²) < 4.78 is 0. The number of aromatic nitrogens is 3. The quantitative estimate of drug-likeness (QED) is 0.0316. The molecule has 0 bridgehead atoms. The fraction of sp³-hybridized carbons (Fsp3) is 0.462. The van der Waals surface area contributed by atoms with E-state index in [1.165, 1.54) is 19.4 Å². The van der Waals surface area contributed by atoms with Crippen LogP contribution in [0.25, 0.3) is 10.9 Å². The molecule has 0 unspecified atom stereocenters. The maximum absolute atomic E-state index is 14.9. The lowest BCUT2D eigenvalue weighted by atomic mass is 9.83. The summed E-state index contributed by atoms with van der Waals surface area (Å²) >= 11 is 0. The van der Waals surface area contributed by atoms with Crippen molar-refractivity contribution in [2.45, 2.75) is 121 Å². The molecule has 414 valence electrons. The number of aliphatic imine (C=N–C) groups is 2. The predicted octanol–water partition coefficient (Wildman–Crippen LogP) is -1.20. The van der Waals surface area contributed by atoms with Gasteiger partial charge in [-0.2, -0.15) is 0 Å². The zero-order valence-electron chi connectivity index (χ0n) is 43.2. The van der Waals surface area contributed by atoms with E-state index in [0.717, 1.165) is 16.5 Å². The van der Waals surface area contributed by atoms with Crippen LogP contribution in [0.2, 0.25) is 0 Å². The van der Waals surface area contributed by atoms with Crippen LogP contribution in [0.5, 0.6) is 0 Å². The fourth-order valence-corrected chi connectivity index (χ4v) is 9.04. The average Bonchev–Trinajstić information content (AvgIpc) is 4.07. The number of para-hydroxylation sites is 1. The second-order valence-corrected chi connectivity index (χ2v) is 19.1. The van der Waals surface area contributed by atoms with E-state index >= 15 is 0 Å². The molecule has 0 saturated carbocycles. The second-order valence-electron chi connectivity index (χ2n) is 19.1. The number of nitrogens with two attached hydrogens (primary N) is 5. The van der Waals surface area contributed by atoms with Gasteiger partial charge in [-0.15, -0.1) is 0 Å². The summed E-state index contributed by atoms with van der Waals surface area (Å²) in [5.74, 6) is -8.73. The summed E-state index contributed by atoms with van der Waals surface area (Å²) in [5, 5.41) is 16.9. The number of primary amides is 1. The lowest BCUT2D eigenvalue weighted by Gasteiger charge is -2.27. The monoisotopic (exact) mass is 1060 g/mol. The van der Waals surface area contributed by atoms with Gasteiger partial charge in [0.1, 0.15) is 30.0 Å². The fourth-order valence-electron chi connectivity index (χ4n) is 9.04. The minimum absolute atomic E-state index is 0.0316. The highest BCUT2D eigenvalue weighted by Gasteiger charge is 2.36. The number of hydrogen-bond donors (Lipinski definition) is 13. The minimum Gasteiger partial charge on any atom is -0.370 e. The first-order valence-electron chi connectivity index (χ1n) is 25.6. The number of hydrogen-bond acceptors (Lipinski definition) is 12. The van der Waals surface area contributed by atoms with E-state index in [0.29, 0.717) is 11.3 Å². The third-order valence-electron chi connectivity index (χ3n) is 13.0. The number of H-pyrrole nitrogens is 2. The summed E-state index contributed by atoms with van der Waals surface area (Å²) in [5.41, 5.74) is 30.5. The van der Waals surface area contributed by atoms with Crippen molar-refractivity contribution in [2.75, 3.05) is 19.6 Å². The summed E-state index contributed by atoms with van der Waals surface area (Å²) in [7, 11) is 0. The molecule has 7 atom stereocenters. The number of rotatable bonds is 18. The van der Waals surface area contributed by atoms with Crippen LogP contribution in [0.15, 0.2) is 83.3 Å². The Morgan fingerprint density at radius 2 is 1.42 bits per heavy atom. The van der Waals surface area contributed by atoms with Gasteiger partial charge in [-0.25, -0.2) is 4.98 Å². The smallest absolute Gasteiger partial charge is 0.243 e. The molecular formula is C52H72N16O9. The molecule has 1 fully saturated rings. The van der Waals surface area contributed by atoms with Crippen LogP contribution in [0.3, 0.4) is 0 Å². The van der Waals surface area contributed by atoms with Crippen LogP contribution in [0.1, 0.15) is 88.0 Å². The SMILES string of the molecule is CC(=O)N[C@@H](CCCN=C(N)N)C(=O)N[C@H]1CC(=O)NCCCC[C@@H](C(N)=O)NC(=O)[C@H](Cc2c[nH]c3ccccc23)CC(=O)[C@H](CCCN=C(N)N)CC(=O)[C@@H](Cc2ccccc2)NC(=O)[C@H](Cc2cnc[nH]2)NC1=O. The number of Topliss-reactive ketones (excluding diaryl/α,β-unsaturated/α-hetero) is 2. The van der Waals surface area contributed by atoms with Crippen LogP contribution in [0.4, 0.5) is 0 Å². The zero-order chi connectivity index (χ0) is 55.9. The highest BCUT2D eigenvalue weighted by Crippen LogP contribution is 2.26. The molecule has 1 aliphatic rings. The highest BCUT2D eigenvalue weighted by atomic mass is 16.2. The largest absolute Gasteiger partial charge is 0.370 e. The molecule has 2 aromatic carbocycles. The molecule has 25 nitrogen and oxygen atoms in total. The van der Waals surface area contributed by atoms with Gasteiger partial charge >= 0.3 is 0 Å². The molecule has 0 spiro atoms. The standard InChI is InChI=1S/C52H72N16O9/c1-30(69)64-39(17-10-20-61-52(56)57)48(75)68-42-26-45(72)59-18-8-7-16-38(46(53)73)65-47(74)33(22-34-27-62-37-15-6-5-14-36(34)37)24-43(70)32(13-9-19-60-51(54)55)23-44(71)40(21-31-11-3-2-4-12-31)66-49(76)41(67-50(42)77)25-35-28-58-29-63-35/h2-6,11-12,14-15,27-29,32-33,38-42,62H,7-10,13,16-26H2,1H3,(H2,53,73)(H,58,63)(H,59,72)(H,64,69)(H,65,74)(H,66,76)(H,67,77)(H,68,75)(H4,54,55,60)(H4,56,57,61)/t32-,33-,38+,39+,40-,41+,42+/m1/s1. The Morgan fingerprint density at radius 1 is 0.727 bits per heavy atom. The van der Waals surface area contributed by atoms with Gasteiger partial charge in [0.05, 0.1) is 18.8 Å². The Morgan fingerprint density at radius 3 is 2.10 bits per heavy atom.